The first-order valence-corrected chi connectivity index (χ1v) is 11.8. The number of aliphatic carboxylic acids is 1. The van der Waals surface area contributed by atoms with Crippen LogP contribution >= 0.6 is 0 Å². The van der Waals surface area contributed by atoms with Crippen LogP contribution in [0.15, 0.2) is 33.5 Å². The van der Waals surface area contributed by atoms with Crippen molar-refractivity contribution in [1.82, 2.24) is 0 Å². The van der Waals surface area contributed by atoms with Gasteiger partial charge in [-0.1, -0.05) is 82.8 Å². The summed E-state index contributed by atoms with van der Waals surface area (Å²) >= 11 is 0. The topological polar surface area (TPSA) is 67.5 Å². The van der Waals surface area contributed by atoms with Gasteiger partial charge in [0, 0.05) is 17.9 Å². The number of benzene rings is 1. The molecular weight excluding hydrogens is 376 g/mol. The predicted molar refractivity (Wildman–Crippen MR) is 123 cm³/mol. The van der Waals surface area contributed by atoms with Crippen molar-refractivity contribution in [3.8, 4) is 0 Å². The second-order valence-electron chi connectivity index (χ2n) is 8.57. The number of carbonyl (C=O) groups is 1. The molecule has 4 nitrogen and oxygen atoms in total. The van der Waals surface area contributed by atoms with E-state index in [2.05, 4.69) is 12.1 Å². The van der Waals surface area contributed by atoms with E-state index in [0.717, 1.165) is 30.2 Å². The van der Waals surface area contributed by atoms with Crippen molar-refractivity contribution >= 4 is 16.9 Å². The second kappa shape index (κ2) is 14.0. The van der Waals surface area contributed by atoms with Crippen LogP contribution in [0.4, 0.5) is 0 Å². The molecule has 0 saturated carbocycles. The monoisotopic (exact) mass is 414 g/mol. The number of aryl methyl sites for hydroxylation is 2. The number of unbranched alkanes of at least 4 members (excludes halogenated alkanes) is 12. The van der Waals surface area contributed by atoms with E-state index in [0.29, 0.717) is 12.0 Å². The Kier molecular flexibility index (Phi) is 11.3. The van der Waals surface area contributed by atoms with Gasteiger partial charge >= 0.3 is 11.6 Å². The molecule has 0 fully saturated rings. The smallest absolute Gasteiger partial charge is 0.336 e. The Morgan fingerprint density at radius 2 is 1.33 bits per heavy atom. The van der Waals surface area contributed by atoms with Gasteiger partial charge in [0.1, 0.15) is 5.58 Å². The number of carboxylic acids is 1. The van der Waals surface area contributed by atoms with Crippen LogP contribution in [0.1, 0.15) is 101 Å². The number of hydrogen-bond acceptors (Lipinski definition) is 3. The largest absolute Gasteiger partial charge is 0.481 e. The quantitative estimate of drug-likeness (QED) is 0.233. The van der Waals surface area contributed by atoms with E-state index in [1.54, 1.807) is 6.07 Å². The first-order valence-electron chi connectivity index (χ1n) is 11.8. The van der Waals surface area contributed by atoms with Crippen molar-refractivity contribution in [2.45, 2.75) is 103 Å². The van der Waals surface area contributed by atoms with E-state index in [1.165, 1.54) is 76.2 Å². The van der Waals surface area contributed by atoms with Crippen LogP contribution in [0.25, 0.3) is 11.0 Å². The molecular formula is C26H38O4. The molecule has 1 heterocycles. The Balaban J connectivity index is 1.44. The SMILES string of the molecule is Cc1cc(=O)oc2cc(CCCCCCCCCCCCCCCC(=O)O)ccc12. The van der Waals surface area contributed by atoms with Gasteiger partial charge < -0.3 is 9.52 Å². The first kappa shape index (κ1) is 24.2. The summed E-state index contributed by atoms with van der Waals surface area (Å²) < 4.78 is 5.34. The predicted octanol–water partition coefficient (Wildman–Crippen LogP) is 7.19. The maximum atomic E-state index is 11.5. The minimum atomic E-state index is -0.673. The summed E-state index contributed by atoms with van der Waals surface area (Å²) in [5.74, 6) is -0.673. The van der Waals surface area contributed by atoms with Crippen LogP contribution in [0.2, 0.25) is 0 Å². The molecule has 0 aliphatic rings. The van der Waals surface area contributed by atoms with E-state index in [1.807, 2.05) is 13.0 Å². The maximum Gasteiger partial charge on any atom is 0.336 e. The zero-order valence-corrected chi connectivity index (χ0v) is 18.6. The lowest BCUT2D eigenvalue weighted by Gasteiger charge is -2.05. The number of hydrogen-bond donors (Lipinski definition) is 1. The Morgan fingerprint density at radius 1 is 0.800 bits per heavy atom. The molecule has 0 atom stereocenters. The standard InChI is InChI=1S/C26H38O4/c1-21-19-26(29)30-24-20-22(17-18-23(21)24)15-13-11-9-7-5-3-2-4-6-8-10-12-14-16-25(27)28/h17-20H,2-16H2,1H3,(H,27,28). The Hall–Kier alpha value is -2.10. The summed E-state index contributed by atoms with van der Waals surface area (Å²) in [5, 5.41) is 9.62. The molecule has 0 radical (unpaired) electrons. The highest BCUT2D eigenvalue weighted by Crippen LogP contribution is 2.20. The molecule has 1 aromatic heterocycles. The lowest BCUT2D eigenvalue weighted by Crippen LogP contribution is -1.98. The first-order chi connectivity index (χ1) is 14.6. The zero-order valence-electron chi connectivity index (χ0n) is 18.6. The average molecular weight is 415 g/mol. The molecule has 0 aliphatic heterocycles. The van der Waals surface area contributed by atoms with E-state index in [9.17, 15) is 9.59 Å². The van der Waals surface area contributed by atoms with E-state index >= 15 is 0 Å². The zero-order chi connectivity index (χ0) is 21.6. The van der Waals surface area contributed by atoms with Crippen LogP contribution < -0.4 is 5.63 Å². The van der Waals surface area contributed by atoms with Gasteiger partial charge in [0.2, 0.25) is 0 Å². The average Bonchev–Trinajstić information content (AvgIpc) is 2.70. The van der Waals surface area contributed by atoms with Crippen molar-refractivity contribution in [2.24, 2.45) is 0 Å². The summed E-state index contributed by atoms with van der Waals surface area (Å²) in [6, 6.07) is 7.80. The normalized spacial score (nSPS) is 11.2. The lowest BCUT2D eigenvalue weighted by molar-refractivity contribution is -0.137. The van der Waals surface area contributed by atoms with Gasteiger partial charge in [-0.15, -0.1) is 0 Å². The Morgan fingerprint density at radius 3 is 1.90 bits per heavy atom. The molecule has 0 bridgehead atoms. The molecule has 4 heteroatoms. The molecule has 166 valence electrons. The minimum absolute atomic E-state index is 0.270. The highest BCUT2D eigenvalue weighted by atomic mass is 16.4. The maximum absolute atomic E-state index is 11.5. The molecule has 0 spiro atoms. The third kappa shape index (κ3) is 9.60. The second-order valence-corrected chi connectivity index (χ2v) is 8.57. The number of carboxylic acid groups (broad SMARTS) is 1. The van der Waals surface area contributed by atoms with Gasteiger partial charge in [-0.2, -0.15) is 0 Å². The molecule has 2 rings (SSSR count). The van der Waals surface area contributed by atoms with Crippen molar-refractivity contribution in [1.29, 1.82) is 0 Å². The molecule has 0 amide bonds. The van der Waals surface area contributed by atoms with Crippen LogP contribution in [0.5, 0.6) is 0 Å². The summed E-state index contributed by atoms with van der Waals surface area (Å²) in [5.41, 5.74) is 2.66. The van der Waals surface area contributed by atoms with Crippen LogP contribution in [0.3, 0.4) is 0 Å². The van der Waals surface area contributed by atoms with Gasteiger partial charge in [-0.05, 0) is 43.4 Å². The number of fused-ring (bicyclic) bond motifs is 1. The fourth-order valence-corrected chi connectivity index (χ4v) is 4.07. The van der Waals surface area contributed by atoms with Crippen molar-refractivity contribution in [2.75, 3.05) is 0 Å². The third-order valence-corrected chi connectivity index (χ3v) is 5.87. The molecule has 1 N–H and O–H groups in total. The van der Waals surface area contributed by atoms with Gasteiger partial charge in [0.25, 0.3) is 0 Å². The molecule has 0 aliphatic carbocycles. The molecule has 30 heavy (non-hydrogen) atoms. The van der Waals surface area contributed by atoms with Crippen LogP contribution in [-0.4, -0.2) is 11.1 Å². The fourth-order valence-electron chi connectivity index (χ4n) is 4.07. The number of rotatable bonds is 16. The summed E-state index contributed by atoms with van der Waals surface area (Å²) in [7, 11) is 0. The highest BCUT2D eigenvalue weighted by molar-refractivity contribution is 5.80. The molecule has 1 aromatic carbocycles. The van der Waals surface area contributed by atoms with Gasteiger partial charge in [-0.25, -0.2) is 4.79 Å². The Bertz CT molecular complexity index is 821. The lowest BCUT2D eigenvalue weighted by atomic mass is 10.0. The van der Waals surface area contributed by atoms with Crippen molar-refractivity contribution in [3.05, 3.63) is 45.8 Å². The van der Waals surface area contributed by atoms with E-state index in [4.69, 9.17) is 9.52 Å². The minimum Gasteiger partial charge on any atom is -0.481 e. The van der Waals surface area contributed by atoms with E-state index in [-0.39, 0.29) is 5.63 Å². The highest BCUT2D eigenvalue weighted by Gasteiger charge is 2.03. The molecule has 0 unspecified atom stereocenters. The molecule has 2 aromatic rings. The summed E-state index contributed by atoms with van der Waals surface area (Å²) in [6.07, 6.45) is 17.3. The van der Waals surface area contributed by atoms with E-state index < -0.39 is 5.97 Å². The summed E-state index contributed by atoms with van der Waals surface area (Å²) in [6.45, 7) is 1.95. The summed E-state index contributed by atoms with van der Waals surface area (Å²) in [4.78, 5) is 22.0. The van der Waals surface area contributed by atoms with Crippen molar-refractivity contribution < 1.29 is 14.3 Å². The Labute approximate surface area is 180 Å². The van der Waals surface area contributed by atoms with Gasteiger partial charge in [0.15, 0.2) is 0 Å². The van der Waals surface area contributed by atoms with Gasteiger partial charge in [0.05, 0.1) is 0 Å². The van der Waals surface area contributed by atoms with Gasteiger partial charge in [-0.3, -0.25) is 4.79 Å². The van der Waals surface area contributed by atoms with Crippen molar-refractivity contribution in [3.63, 3.8) is 0 Å². The molecule has 0 saturated heterocycles. The third-order valence-electron chi connectivity index (χ3n) is 5.87. The van der Waals surface area contributed by atoms with Crippen LogP contribution in [-0.2, 0) is 11.2 Å². The fraction of sp³-hybridized carbons (Fsp3) is 0.615. The van der Waals surface area contributed by atoms with Crippen LogP contribution in [0, 0.1) is 6.92 Å².